The molecule has 0 bridgehead atoms. The van der Waals surface area contributed by atoms with Gasteiger partial charge in [0, 0.05) is 18.0 Å². The fourth-order valence-corrected chi connectivity index (χ4v) is 3.55. The lowest BCUT2D eigenvalue weighted by Crippen LogP contribution is -2.25. The van der Waals surface area contributed by atoms with Crippen molar-refractivity contribution in [3.63, 3.8) is 0 Å². The molecule has 0 radical (unpaired) electrons. The molecule has 0 aliphatic heterocycles. The van der Waals surface area contributed by atoms with Gasteiger partial charge < -0.3 is 20.8 Å². The van der Waals surface area contributed by atoms with Gasteiger partial charge in [0.15, 0.2) is 10.9 Å². The molecular weight excluding hydrogens is 507 g/mol. The first-order chi connectivity index (χ1) is 18.2. The van der Waals surface area contributed by atoms with Crippen molar-refractivity contribution in [1.82, 2.24) is 29.7 Å². The molecule has 3 aromatic heterocycles. The minimum atomic E-state index is -4.62. The number of aromatic nitrogens is 6. The monoisotopic (exact) mass is 523 g/mol. The van der Waals surface area contributed by atoms with Crippen LogP contribution in [0.5, 0.6) is 0 Å². The van der Waals surface area contributed by atoms with Crippen LogP contribution in [0, 0.1) is 0 Å². The number of hydrogen-bond acceptors (Lipinski definition) is 7. The van der Waals surface area contributed by atoms with Gasteiger partial charge in [0.25, 0.3) is 0 Å². The van der Waals surface area contributed by atoms with E-state index in [-0.39, 0.29) is 27.9 Å². The minimum absolute atomic E-state index is 0.0551. The summed E-state index contributed by atoms with van der Waals surface area (Å²) in [7, 11) is 0. The molecule has 0 saturated carbocycles. The molecule has 5 rings (SSSR count). The molecule has 2 amide bonds. The second kappa shape index (κ2) is 9.53. The average Bonchev–Trinajstić information content (AvgIpc) is 3.41. The molecule has 5 aromatic rings. The van der Waals surface area contributed by atoms with Crippen molar-refractivity contribution in [2.45, 2.75) is 6.18 Å². The number of alkyl halides is 3. The number of urea groups is 1. The molecule has 0 unspecified atom stereocenters. The highest BCUT2D eigenvalue weighted by atomic mass is 19.4. The van der Waals surface area contributed by atoms with Gasteiger partial charge in [0.05, 0.1) is 35.0 Å². The van der Waals surface area contributed by atoms with Crippen LogP contribution >= 0.6 is 0 Å². The summed E-state index contributed by atoms with van der Waals surface area (Å²) in [4.78, 5) is 35.9. The molecule has 15 heteroatoms. The molecule has 0 aliphatic rings. The van der Waals surface area contributed by atoms with Crippen LogP contribution in [0.25, 0.3) is 16.7 Å². The maximum atomic E-state index is 13.2. The number of carbonyl (C=O) groups excluding carboxylic acids is 1. The zero-order chi connectivity index (χ0) is 26.9. The number of carbonyl (C=O) groups is 1. The van der Waals surface area contributed by atoms with Crippen LogP contribution in [0.4, 0.5) is 35.0 Å². The highest BCUT2D eigenvalue weighted by Gasteiger charge is 2.31. The van der Waals surface area contributed by atoms with Crippen molar-refractivity contribution < 1.29 is 23.2 Å². The van der Waals surface area contributed by atoms with Gasteiger partial charge in [-0.25, -0.2) is 19.5 Å². The van der Waals surface area contributed by atoms with Gasteiger partial charge in [-0.15, -0.1) is 5.10 Å². The van der Waals surface area contributed by atoms with E-state index in [9.17, 15) is 28.0 Å². The van der Waals surface area contributed by atoms with E-state index in [1.165, 1.54) is 59.7 Å². The predicted octanol–water partition coefficient (Wildman–Crippen LogP) is 3.44. The Morgan fingerprint density at radius 1 is 1.08 bits per heavy atom. The van der Waals surface area contributed by atoms with Crippen LogP contribution in [0.2, 0.25) is 0 Å². The molecule has 38 heavy (non-hydrogen) atoms. The normalized spacial score (nSPS) is 12.0. The van der Waals surface area contributed by atoms with E-state index in [2.05, 4.69) is 35.9 Å². The number of H-pyrrole nitrogens is 1. The zero-order valence-corrected chi connectivity index (χ0v) is 19.0. The Bertz CT molecular complexity index is 1760. The van der Waals surface area contributed by atoms with E-state index in [4.69, 9.17) is 0 Å². The smallest absolute Gasteiger partial charge is 0.416 e. The van der Waals surface area contributed by atoms with Crippen LogP contribution in [-0.2, 0) is 6.18 Å². The second-order valence-electron chi connectivity index (χ2n) is 7.79. The van der Waals surface area contributed by atoms with Crippen LogP contribution in [0.15, 0.2) is 83.2 Å². The van der Waals surface area contributed by atoms with Gasteiger partial charge >= 0.3 is 12.2 Å². The minimum Gasteiger partial charge on any atom is -0.425 e. The lowest BCUT2D eigenvalue weighted by Gasteiger charge is -2.15. The molecule has 3 heterocycles. The number of anilines is 2. The number of aromatic amines is 1. The number of benzene rings is 2. The molecule has 0 spiro atoms. The Balaban J connectivity index is 1.39. The van der Waals surface area contributed by atoms with E-state index in [1.807, 2.05) is 0 Å². The van der Waals surface area contributed by atoms with Gasteiger partial charge in [-0.05, 0) is 42.5 Å². The quantitative estimate of drug-likeness (QED) is 0.265. The summed E-state index contributed by atoms with van der Waals surface area (Å²) in [6.07, 6.45) is 0.646. The molecule has 12 nitrogen and oxygen atoms in total. The van der Waals surface area contributed by atoms with Gasteiger partial charge in [-0.3, -0.25) is 4.79 Å². The Hall–Kier alpha value is -5.47. The first-order valence-electron chi connectivity index (χ1n) is 10.8. The highest BCUT2D eigenvalue weighted by molar-refractivity contribution is 6.01. The van der Waals surface area contributed by atoms with E-state index in [0.29, 0.717) is 16.1 Å². The molecule has 192 valence electrons. The topological polar surface area (TPSA) is 155 Å². The Kier molecular flexibility index (Phi) is 6.08. The number of rotatable bonds is 4. The molecule has 0 atom stereocenters. The lowest BCUT2D eigenvalue weighted by atomic mass is 10.1. The number of hydrogen-bond donors (Lipinski definition) is 4. The summed E-state index contributed by atoms with van der Waals surface area (Å²) in [5.74, 6) is 0. The van der Waals surface area contributed by atoms with Crippen LogP contribution < -0.4 is 21.6 Å². The van der Waals surface area contributed by atoms with Gasteiger partial charge in [0.2, 0.25) is 0 Å². The first kappa shape index (κ1) is 24.2. The van der Waals surface area contributed by atoms with Gasteiger partial charge in [-0.2, -0.15) is 17.9 Å². The lowest BCUT2D eigenvalue weighted by molar-refractivity contribution is -0.137. The number of pyridine rings is 1. The van der Waals surface area contributed by atoms with Crippen molar-refractivity contribution in [2.24, 2.45) is 4.99 Å². The molecular formula is C23H16F3N9O3. The van der Waals surface area contributed by atoms with Crippen molar-refractivity contribution in [3.8, 4) is 5.69 Å². The Morgan fingerprint density at radius 3 is 2.58 bits per heavy atom. The Labute approximate surface area is 209 Å². The number of nitrogens with one attached hydrogen (secondary N) is 3. The summed E-state index contributed by atoms with van der Waals surface area (Å²) in [6, 6.07) is 9.28. The first-order valence-corrected chi connectivity index (χ1v) is 10.8. The van der Waals surface area contributed by atoms with E-state index in [0.717, 1.165) is 18.5 Å². The predicted molar refractivity (Wildman–Crippen MR) is 128 cm³/mol. The summed E-state index contributed by atoms with van der Waals surface area (Å²) in [6.45, 7) is 0. The Morgan fingerprint density at radius 2 is 1.87 bits per heavy atom. The summed E-state index contributed by atoms with van der Waals surface area (Å²) >= 11 is 0. The molecule has 0 aliphatic carbocycles. The molecule has 0 saturated heterocycles. The zero-order valence-electron chi connectivity index (χ0n) is 19.0. The summed E-state index contributed by atoms with van der Waals surface area (Å²) < 4.78 is 41.6. The molecule has 4 N–H and O–H groups in total. The third kappa shape index (κ3) is 4.92. The maximum absolute atomic E-state index is 13.2. The third-order valence-electron chi connectivity index (χ3n) is 5.28. The number of amides is 2. The number of nitrogens with zero attached hydrogens (tertiary/aromatic N) is 6. The van der Waals surface area contributed by atoms with Crippen LogP contribution in [0.1, 0.15) is 5.56 Å². The van der Waals surface area contributed by atoms with Crippen molar-refractivity contribution in [1.29, 1.82) is 0 Å². The molecule has 2 aromatic carbocycles. The van der Waals surface area contributed by atoms with Gasteiger partial charge in [0.1, 0.15) is 17.4 Å². The van der Waals surface area contributed by atoms with Crippen LogP contribution in [0.3, 0.4) is 0 Å². The SMILES string of the molecule is O=C(Nc1ccc(N=c2c3c(=O)cc[nH]c3ncn2O)cc1)Nc1cc(C(F)(F)F)ccc1-n1ccnn1. The number of halogens is 3. The number of fused-ring (bicyclic) bond motifs is 1. The van der Waals surface area contributed by atoms with Crippen molar-refractivity contribution >= 4 is 34.1 Å². The van der Waals surface area contributed by atoms with E-state index >= 15 is 0 Å². The fraction of sp³-hybridized carbons (Fsp3) is 0.0435. The maximum Gasteiger partial charge on any atom is 0.416 e. The summed E-state index contributed by atoms with van der Waals surface area (Å²) in [5.41, 5.74) is -0.509. The molecule has 0 fully saturated rings. The average molecular weight is 523 g/mol. The van der Waals surface area contributed by atoms with Crippen molar-refractivity contribution in [2.75, 3.05) is 10.6 Å². The van der Waals surface area contributed by atoms with Gasteiger partial charge in [-0.1, -0.05) is 5.21 Å². The third-order valence-corrected chi connectivity index (χ3v) is 5.28. The van der Waals surface area contributed by atoms with Crippen LogP contribution in [-0.4, -0.2) is 40.9 Å². The largest absolute Gasteiger partial charge is 0.425 e. The van der Waals surface area contributed by atoms with E-state index in [1.54, 1.807) is 0 Å². The summed E-state index contributed by atoms with van der Waals surface area (Å²) in [5, 5.41) is 22.5. The fourth-order valence-electron chi connectivity index (χ4n) is 3.55. The highest BCUT2D eigenvalue weighted by Crippen LogP contribution is 2.33. The van der Waals surface area contributed by atoms with Crippen molar-refractivity contribution in [3.05, 3.63) is 94.7 Å². The van der Waals surface area contributed by atoms with E-state index < -0.39 is 23.2 Å². The second-order valence-corrected chi connectivity index (χ2v) is 7.79. The standard InChI is InChI=1S/C23H16F3N9O3/c24-23(25,26)13-1-6-17(34-10-9-29-33-34)16(11-13)32-22(37)31-15-4-2-14(3-5-15)30-21-19-18(36)7-8-27-20(19)28-12-35(21)38/h1-12,38H,(H,27,36)(H2,31,32,37).